The highest BCUT2D eigenvalue weighted by Crippen LogP contribution is 2.37. The molecule has 0 fully saturated rings. The minimum absolute atomic E-state index is 0.0338. The van der Waals surface area contributed by atoms with Gasteiger partial charge in [-0.1, -0.05) is 11.6 Å². The smallest absolute Gasteiger partial charge is 0.241 e. The normalized spacial score (nSPS) is 16.0. The van der Waals surface area contributed by atoms with Crippen LogP contribution in [0.3, 0.4) is 0 Å². The van der Waals surface area contributed by atoms with Crippen LogP contribution in [-0.4, -0.2) is 27.0 Å². The Bertz CT molecular complexity index is 948. The maximum Gasteiger partial charge on any atom is 0.241 e. The van der Waals surface area contributed by atoms with Gasteiger partial charge in [0.25, 0.3) is 0 Å². The monoisotopic (exact) mass is 398 g/mol. The number of hydrogen-bond donors (Lipinski definition) is 2. The van der Waals surface area contributed by atoms with Crippen LogP contribution in [0, 0.1) is 5.82 Å². The Balaban J connectivity index is 1.68. The molecule has 2 aromatic carbocycles. The summed E-state index contributed by atoms with van der Waals surface area (Å²) in [5.41, 5.74) is 1.07. The number of nitrogens with one attached hydrogen (secondary N) is 2. The summed E-state index contributed by atoms with van der Waals surface area (Å²) >= 11 is 6.10. The molecule has 1 heterocycles. The number of carbonyl (C=O) groups is 1. The lowest BCUT2D eigenvalue weighted by molar-refractivity contribution is -0.115. The van der Waals surface area contributed by atoms with E-state index in [0.717, 1.165) is 0 Å². The molecule has 1 atom stereocenters. The number of benzene rings is 2. The highest BCUT2D eigenvalue weighted by molar-refractivity contribution is 7.89. The lowest BCUT2D eigenvalue weighted by Gasteiger charge is -2.10. The molecule has 1 unspecified atom stereocenters. The number of halogens is 2. The summed E-state index contributed by atoms with van der Waals surface area (Å²) in [5, 5.41) is 2.68. The van der Waals surface area contributed by atoms with Crippen molar-refractivity contribution < 1.29 is 22.3 Å². The summed E-state index contributed by atoms with van der Waals surface area (Å²) in [7, 11) is -3.93. The topological polar surface area (TPSA) is 84.5 Å². The fourth-order valence-corrected chi connectivity index (χ4v) is 4.00. The van der Waals surface area contributed by atoms with E-state index < -0.39 is 28.3 Å². The van der Waals surface area contributed by atoms with Gasteiger partial charge in [0.1, 0.15) is 17.7 Å². The van der Waals surface area contributed by atoms with Crippen molar-refractivity contribution in [3.63, 3.8) is 0 Å². The number of fused-ring (bicyclic) bond motifs is 1. The second kappa shape index (κ2) is 7.22. The number of ether oxygens (including phenoxy) is 1. The van der Waals surface area contributed by atoms with Crippen molar-refractivity contribution in [2.75, 3.05) is 11.9 Å². The number of carbonyl (C=O) groups excluding carboxylic acids is 1. The van der Waals surface area contributed by atoms with Gasteiger partial charge in [0.05, 0.1) is 16.5 Å². The van der Waals surface area contributed by atoms with Crippen LogP contribution in [0.1, 0.15) is 12.5 Å². The molecule has 3 rings (SSSR count). The van der Waals surface area contributed by atoms with E-state index in [1.54, 1.807) is 0 Å². The van der Waals surface area contributed by atoms with Gasteiger partial charge in [-0.3, -0.25) is 4.79 Å². The summed E-state index contributed by atoms with van der Waals surface area (Å²) < 4.78 is 45.5. The SMILES string of the molecule is CC1Cc2cc(S(=O)(=O)NCC(=O)Nc3ccc(F)cc3)cc(Cl)c2O1. The van der Waals surface area contributed by atoms with Gasteiger partial charge >= 0.3 is 0 Å². The van der Waals surface area contributed by atoms with E-state index in [2.05, 4.69) is 10.0 Å². The number of hydrogen-bond acceptors (Lipinski definition) is 4. The Morgan fingerprint density at radius 2 is 2.00 bits per heavy atom. The van der Waals surface area contributed by atoms with Crippen molar-refractivity contribution in [3.8, 4) is 5.75 Å². The fourth-order valence-electron chi connectivity index (χ4n) is 2.60. The summed E-state index contributed by atoms with van der Waals surface area (Å²) in [6.45, 7) is 1.39. The molecule has 6 nitrogen and oxygen atoms in total. The fraction of sp³-hybridized carbons (Fsp3) is 0.235. The molecule has 26 heavy (non-hydrogen) atoms. The summed E-state index contributed by atoms with van der Waals surface area (Å²) in [5.74, 6) is -0.521. The zero-order valence-corrected chi connectivity index (χ0v) is 15.3. The predicted molar refractivity (Wildman–Crippen MR) is 95.5 cm³/mol. The van der Waals surface area contributed by atoms with Crippen molar-refractivity contribution in [1.29, 1.82) is 0 Å². The van der Waals surface area contributed by atoms with Crippen LogP contribution in [0.15, 0.2) is 41.3 Å². The standard InChI is InChI=1S/C17H16ClFN2O4S/c1-10-6-11-7-14(8-15(18)17(11)25-10)26(23,24)20-9-16(22)21-13-4-2-12(19)3-5-13/h2-5,7-8,10,20H,6,9H2,1H3,(H,21,22). The van der Waals surface area contributed by atoms with Crippen LogP contribution in [0.4, 0.5) is 10.1 Å². The molecule has 0 saturated heterocycles. The molecule has 2 N–H and O–H groups in total. The lowest BCUT2D eigenvalue weighted by Crippen LogP contribution is -2.33. The molecule has 1 aliphatic heterocycles. The number of amides is 1. The lowest BCUT2D eigenvalue weighted by atomic mass is 10.1. The van der Waals surface area contributed by atoms with Gasteiger partial charge in [0, 0.05) is 17.7 Å². The molecule has 0 saturated carbocycles. The second-order valence-electron chi connectivity index (χ2n) is 5.91. The average molecular weight is 399 g/mol. The number of sulfonamides is 1. The maximum absolute atomic E-state index is 12.8. The molecule has 9 heteroatoms. The molecule has 0 aliphatic carbocycles. The van der Waals surface area contributed by atoms with E-state index in [1.165, 1.54) is 36.4 Å². The molecular weight excluding hydrogens is 383 g/mol. The zero-order valence-electron chi connectivity index (χ0n) is 13.8. The van der Waals surface area contributed by atoms with Crippen LogP contribution >= 0.6 is 11.6 Å². The van der Waals surface area contributed by atoms with Gasteiger partial charge < -0.3 is 10.1 Å². The first-order valence-electron chi connectivity index (χ1n) is 7.79. The van der Waals surface area contributed by atoms with E-state index in [0.29, 0.717) is 23.4 Å². The van der Waals surface area contributed by atoms with E-state index in [9.17, 15) is 17.6 Å². The highest BCUT2D eigenvalue weighted by Gasteiger charge is 2.26. The number of rotatable bonds is 5. The minimum atomic E-state index is -3.93. The molecular formula is C17H16ClFN2O4S. The summed E-state index contributed by atoms with van der Waals surface area (Å²) in [6, 6.07) is 7.92. The van der Waals surface area contributed by atoms with Crippen molar-refractivity contribution in [1.82, 2.24) is 4.72 Å². The second-order valence-corrected chi connectivity index (χ2v) is 8.08. The summed E-state index contributed by atoms with van der Waals surface area (Å²) in [6.07, 6.45) is 0.485. The third kappa shape index (κ3) is 4.14. The summed E-state index contributed by atoms with van der Waals surface area (Å²) in [4.78, 5) is 11.9. The Morgan fingerprint density at radius 1 is 1.31 bits per heavy atom. The van der Waals surface area contributed by atoms with Crippen molar-refractivity contribution in [2.45, 2.75) is 24.3 Å². The van der Waals surface area contributed by atoms with Crippen LogP contribution in [0.2, 0.25) is 5.02 Å². The Labute approximate surface area is 155 Å². The Hall–Kier alpha value is -2.16. The molecule has 0 aromatic heterocycles. The maximum atomic E-state index is 12.8. The Kier molecular flexibility index (Phi) is 5.17. The minimum Gasteiger partial charge on any atom is -0.489 e. The third-order valence-corrected chi connectivity index (χ3v) is 5.44. The van der Waals surface area contributed by atoms with Crippen molar-refractivity contribution in [2.24, 2.45) is 0 Å². The van der Waals surface area contributed by atoms with E-state index >= 15 is 0 Å². The Morgan fingerprint density at radius 3 is 2.69 bits per heavy atom. The van der Waals surface area contributed by atoms with Crippen LogP contribution in [-0.2, 0) is 21.2 Å². The van der Waals surface area contributed by atoms with Gasteiger partial charge in [-0.2, -0.15) is 0 Å². The quantitative estimate of drug-likeness (QED) is 0.811. The van der Waals surface area contributed by atoms with Crippen LogP contribution in [0.25, 0.3) is 0 Å². The molecule has 138 valence electrons. The first-order chi connectivity index (χ1) is 12.2. The number of anilines is 1. The molecule has 0 radical (unpaired) electrons. The van der Waals surface area contributed by atoms with Gasteiger partial charge in [-0.15, -0.1) is 0 Å². The van der Waals surface area contributed by atoms with Gasteiger partial charge in [0.2, 0.25) is 15.9 Å². The molecule has 1 aliphatic rings. The average Bonchev–Trinajstić information content (AvgIpc) is 2.96. The van der Waals surface area contributed by atoms with Gasteiger partial charge in [-0.25, -0.2) is 17.5 Å². The molecule has 0 bridgehead atoms. The zero-order chi connectivity index (χ0) is 18.9. The van der Waals surface area contributed by atoms with Gasteiger partial charge in [-0.05, 0) is 43.3 Å². The molecule has 0 spiro atoms. The van der Waals surface area contributed by atoms with Crippen molar-refractivity contribution in [3.05, 3.63) is 52.8 Å². The van der Waals surface area contributed by atoms with E-state index in [4.69, 9.17) is 16.3 Å². The van der Waals surface area contributed by atoms with Crippen LogP contribution in [0.5, 0.6) is 5.75 Å². The third-order valence-electron chi connectivity index (χ3n) is 3.78. The highest BCUT2D eigenvalue weighted by atomic mass is 35.5. The first kappa shape index (κ1) is 18.6. The largest absolute Gasteiger partial charge is 0.489 e. The molecule has 2 aromatic rings. The van der Waals surface area contributed by atoms with Crippen molar-refractivity contribution >= 4 is 33.2 Å². The van der Waals surface area contributed by atoms with Gasteiger partial charge in [0.15, 0.2) is 0 Å². The first-order valence-corrected chi connectivity index (χ1v) is 9.65. The predicted octanol–water partition coefficient (Wildman–Crippen LogP) is 2.72. The van der Waals surface area contributed by atoms with Crippen LogP contribution < -0.4 is 14.8 Å². The van der Waals surface area contributed by atoms with E-state index in [-0.39, 0.29) is 16.0 Å². The molecule has 1 amide bonds. The van der Waals surface area contributed by atoms with E-state index in [1.807, 2.05) is 6.92 Å².